The van der Waals surface area contributed by atoms with E-state index in [2.05, 4.69) is 20.1 Å². The quantitative estimate of drug-likeness (QED) is 0.507. The lowest BCUT2D eigenvalue weighted by molar-refractivity contribution is 0.574. The van der Waals surface area contributed by atoms with E-state index in [1.54, 1.807) is 30.1 Å². The molecule has 2 aromatic rings. The maximum atomic E-state index is 12.1. The van der Waals surface area contributed by atoms with Gasteiger partial charge < -0.3 is 9.99 Å². The Morgan fingerprint density at radius 2 is 2.16 bits per heavy atom. The van der Waals surface area contributed by atoms with Gasteiger partial charge in [-0.25, -0.2) is 23.1 Å². The largest absolute Gasteiger partial charge is 0.337 e. The molecule has 2 rings (SSSR count). The van der Waals surface area contributed by atoms with Gasteiger partial charge in [-0.05, 0) is 12.1 Å². The molecule has 8 nitrogen and oxygen atoms in total. The highest BCUT2D eigenvalue weighted by molar-refractivity contribution is 7.89. The van der Waals surface area contributed by atoms with Gasteiger partial charge in [-0.2, -0.15) is 0 Å². The summed E-state index contributed by atoms with van der Waals surface area (Å²) in [5.41, 5.74) is 2.54. The summed E-state index contributed by atoms with van der Waals surface area (Å²) in [5, 5.41) is -0.147. The third-order valence-electron chi connectivity index (χ3n) is 2.52. The van der Waals surface area contributed by atoms with Crippen LogP contribution in [0.3, 0.4) is 0 Å². The Balaban J connectivity index is 2.21. The zero-order valence-corrected chi connectivity index (χ0v) is 11.1. The molecule has 0 amide bonds. The lowest BCUT2D eigenvalue weighted by Crippen LogP contribution is -2.27. The third-order valence-corrected chi connectivity index (χ3v) is 3.88. The van der Waals surface area contributed by atoms with Gasteiger partial charge in [0.1, 0.15) is 5.82 Å². The highest BCUT2D eigenvalue weighted by atomic mass is 32.2. The Hall–Kier alpha value is -1.97. The molecule has 2 aromatic heterocycles. The van der Waals surface area contributed by atoms with Gasteiger partial charge in [0, 0.05) is 25.6 Å². The number of hydrogen-bond acceptors (Lipinski definition) is 6. The van der Waals surface area contributed by atoms with E-state index >= 15 is 0 Å². The molecule has 0 aliphatic carbocycles. The number of nitrogens with zero attached hydrogens (tertiary/aromatic N) is 3. The van der Waals surface area contributed by atoms with Gasteiger partial charge in [0.05, 0.1) is 12.2 Å². The number of nitrogens with two attached hydrogens (primary N) is 1. The number of nitrogen functional groups attached to an aromatic ring is 1. The molecule has 0 atom stereocenters. The van der Waals surface area contributed by atoms with Crippen LogP contribution in [-0.2, 0) is 23.6 Å². The van der Waals surface area contributed by atoms with Crippen LogP contribution in [0.2, 0.25) is 0 Å². The monoisotopic (exact) mass is 282 g/mol. The molecule has 0 spiro atoms. The molecule has 2 heterocycles. The van der Waals surface area contributed by atoms with E-state index in [1.165, 1.54) is 12.3 Å². The predicted octanol–water partition coefficient (Wildman–Crippen LogP) is -0.421. The number of aromatic nitrogens is 3. The number of pyridine rings is 1. The molecular formula is C10H14N6O2S. The summed E-state index contributed by atoms with van der Waals surface area (Å²) in [7, 11) is -1.97. The van der Waals surface area contributed by atoms with Crippen LogP contribution in [0.15, 0.2) is 35.7 Å². The number of nitrogens with one attached hydrogen (secondary N) is 2. The van der Waals surface area contributed by atoms with Crippen molar-refractivity contribution >= 4 is 15.7 Å². The first-order chi connectivity index (χ1) is 9.04. The number of rotatable bonds is 5. The normalized spacial score (nSPS) is 11.5. The van der Waals surface area contributed by atoms with Crippen LogP contribution in [0.1, 0.15) is 5.82 Å². The van der Waals surface area contributed by atoms with Crippen molar-refractivity contribution < 1.29 is 8.42 Å². The lowest BCUT2D eigenvalue weighted by atomic mass is 10.4. The van der Waals surface area contributed by atoms with Gasteiger partial charge >= 0.3 is 0 Å². The van der Waals surface area contributed by atoms with Crippen LogP contribution >= 0.6 is 0 Å². The van der Waals surface area contributed by atoms with Gasteiger partial charge in [-0.15, -0.1) is 0 Å². The fourth-order valence-electron chi connectivity index (χ4n) is 1.51. The molecule has 102 valence electrons. The summed E-state index contributed by atoms with van der Waals surface area (Å²) < 4.78 is 28.4. The Bertz CT molecular complexity index is 666. The summed E-state index contributed by atoms with van der Waals surface area (Å²) >= 11 is 0. The minimum absolute atomic E-state index is 0.0758. The fourth-order valence-corrected chi connectivity index (χ4v) is 2.58. The van der Waals surface area contributed by atoms with E-state index in [0.29, 0.717) is 5.82 Å². The average molecular weight is 282 g/mol. The number of sulfonamides is 1. The van der Waals surface area contributed by atoms with E-state index in [1.807, 2.05) is 0 Å². The average Bonchev–Trinajstić information content (AvgIpc) is 2.82. The second-order valence-corrected chi connectivity index (χ2v) is 5.46. The van der Waals surface area contributed by atoms with E-state index in [-0.39, 0.29) is 17.3 Å². The number of anilines is 1. The lowest BCUT2D eigenvalue weighted by Gasteiger charge is -2.09. The van der Waals surface area contributed by atoms with Crippen molar-refractivity contribution in [1.29, 1.82) is 0 Å². The molecule has 0 saturated carbocycles. The van der Waals surface area contributed by atoms with Crippen LogP contribution in [0.4, 0.5) is 5.69 Å². The summed E-state index contributed by atoms with van der Waals surface area (Å²) in [6, 6.07) is 3.12. The van der Waals surface area contributed by atoms with Crippen LogP contribution in [0.5, 0.6) is 0 Å². The summed E-state index contributed by atoms with van der Waals surface area (Å²) in [6.45, 7) is 0.0758. The Morgan fingerprint density at radius 3 is 2.79 bits per heavy atom. The molecule has 9 heteroatoms. The van der Waals surface area contributed by atoms with E-state index < -0.39 is 10.0 Å². The SMILES string of the molecule is Cn1ccnc1CNS(=O)(=O)c1ncccc1NN. The van der Waals surface area contributed by atoms with Crippen LogP contribution < -0.4 is 16.0 Å². The molecule has 0 saturated heterocycles. The predicted molar refractivity (Wildman–Crippen MR) is 69.3 cm³/mol. The van der Waals surface area contributed by atoms with Crippen molar-refractivity contribution in [2.45, 2.75) is 11.6 Å². The first-order valence-electron chi connectivity index (χ1n) is 5.42. The molecule has 0 bridgehead atoms. The topological polar surface area (TPSA) is 115 Å². The van der Waals surface area contributed by atoms with Crippen molar-refractivity contribution in [2.24, 2.45) is 12.9 Å². The van der Waals surface area contributed by atoms with Crippen molar-refractivity contribution in [2.75, 3.05) is 5.43 Å². The number of hydrazine groups is 1. The Morgan fingerprint density at radius 1 is 1.37 bits per heavy atom. The molecule has 0 aliphatic rings. The van der Waals surface area contributed by atoms with E-state index in [9.17, 15) is 8.42 Å². The van der Waals surface area contributed by atoms with E-state index in [0.717, 1.165) is 0 Å². The molecule has 0 radical (unpaired) electrons. The maximum absolute atomic E-state index is 12.1. The van der Waals surface area contributed by atoms with Crippen LogP contribution in [0, 0.1) is 0 Å². The molecule has 19 heavy (non-hydrogen) atoms. The van der Waals surface area contributed by atoms with Gasteiger partial charge in [0.25, 0.3) is 10.0 Å². The molecule has 0 unspecified atom stereocenters. The number of imidazole rings is 1. The van der Waals surface area contributed by atoms with Gasteiger partial charge in [-0.1, -0.05) is 0 Å². The standard InChI is InChI=1S/C10H14N6O2S/c1-16-6-5-12-9(16)7-14-19(17,18)10-8(15-11)3-2-4-13-10/h2-6,14-15H,7,11H2,1H3. The van der Waals surface area contributed by atoms with Gasteiger partial charge in [0.15, 0.2) is 5.03 Å². The van der Waals surface area contributed by atoms with E-state index in [4.69, 9.17) is 5.84 Å². The van der Waals surface area contributed by atoms with Crippen LogP contribution in [-0.4, -0.2) is 23.0 Å². The zero-order chi connectivity index (χ0) is 13.9. The van der Waals surface area contributed by atoms with Crippen molar-refractivity contribution in [1.82, 2.24) is 19.3 Å². The zero-order valence-electron chi connectivity index (χ0n) is 10.2. The first-order valence-corrected chi connectivity index (χ1v) is 6.90. The third kappa shape index (κ3) is 2.89. The first kappa shape index (κ1) is 13.5. The molecule has 0 fully saturated rings. The summed E-state index contributed by atoms with van der Waals surface area (Å²) in [5.74, 6) is 5.86. The van der Waals surface area contributed by atoms with Crippen molar-refractivity contribution in [3.05, 3.63) is 36.5 Å². The summed E-state index contributed by atoms with van der Waals surface area (Å²) in [4.78, 5) is 7.85. The van der Waals surface area contributed by atoms with Gasteiger partial charge in [-0.3, -0.25) is 5.84 Å². The molecular weight excluding hydrogens is 268 g/mol. The van der Waals surface area contributed by atoms with Gasteiger partial charge in [0.2, 0.25) is 0 Å². The molecule has 0 aromatic carbocycles. The number of hydrogen-bond donors (Lipinski definition) is 3. The van der Waals surface area contributed by atoms with Crippen LogP contribution in [0.25, 0.3) is 0 Å². The fraction of sp³-hybridized carbons (Fsp3) is 0.200. The highest BCUT2D eigenvalue weighted by Crippen LogP contribution is 2.16. The highest BCUT2D eigenvalue weighted by Gasteiger charge is 2.20. The smallest absolute Gasteiger partial charge is 0.260 e. The molecule has 4 N–H and O–H groups in total. The molecule has 0 aliphatic heterocycles. The van der Waals surface area contributed by atoms with Crippen molar-refractivity contribution in [3.8, 4) is 0 Å². The minimum Gasteiger partial charge on any atom is -0.337 e. The maximum Gasteiger partial charge on any atom is 0.260 e. The Kier molecular flexibility index (Phi) is 3.79. The second kappa shape index (κ2) is 5.34. The Labute approximate surface area is 110 Å². The minimum atomic E-state index is -3.75. The van der Waals surface area contributed by atoms with Crippen molar-refractivity contribution in [3.63, 3.8) is 0 Å². The summed E-state index contributed by atoms with van der Waals surface area (Å²) in [6.07, 6.45) is 4.71. The second-order valence-electron chi connectivity index (χ2n) is 3.78. The number of aryl methyl sites for hydroxylation is 1.